The Bertz CT molecular complexity index is 1430. The van der Waals surface area contributed by atoms with Gasteiger partial charge in [0.2, 0.25) is 5.91 Å². The van der Waals surface area contributed by atoms with Gasteiger partial charge in [-0.2, -0.15) is 5.10 Å². The molecule has 0 aliphatic heterocycles. The van der Waals surface area contributed by atoms with E-state index in [1.165, 1.54) is 0 Å². The molecule has 1 N–H and O–H groups in total. The van der Waals surface area contributed by atoms with Crippen molar-refractivity contribution in [1.29, 1.82) is 0 Å². The van der Waals surface area contributed by atoms with Gasteiger partial charge in [0, 0.05) is 35.7 Å². The van der Waals surface area contributed by atoms with Gasteiger partial charge in [0.25, 0.3) is 5.56 Å². The molecule has 2 aromatic carbocycles. The molecule has 4 rings (SSSR count). The van der Waals surface area contributed by atoms with Crippen LogP contribution in [0.3, 0.4) is 0 Å². The molecule has 176 valence electrons. The number of hydrogen-bond donors (Lipinski definition) is 1. The Hall–Kier alpha value is -3.87. The molecule has 1 amide bonds. The Morgan fingerprint density at radius 3 is 2.56 bits per heavy atom. The normalized spacial score (nSPS) is 11.1. The number of hydrogen-bond acceptors (Lipinski definition) is 4. The first-order chi connectivity index (χ1) is 16.3. The van der Waals surface area contributed by atoms with Gasteiger partial charge in [0.05, 0.1) is 18.5 Å². The average molecular weight is 459 g/mol. The number of aromatic nitrogens is 3. The van der Waals surface area contributed by atoms with Crippen LogP contribution in [0.15, 0.2) is 53.3 Å². The van der Waals surface area contributed by atoms with Crippen molar-refractivity contribution in [3.8, 4) is 11.4 Å². The van der Waals surface area contributed by atoms with Gasteiger partial charge in [-0.1, -0.05) is 24.3 Å². The molecule has 0 fully saturated rings. The predicted molar refractivity (Wildman–Crippen MR) is 135 cm³/mol. The van der Waals surface area contributed by atoms with Gasteiger partial charge in [0.1, 0.15) is 11.4 Å². The van der Waals surface area contributed by atoms with Gasteiger partial charge in [0.15, 0.2) is 0 Å². The van der Waals surface area contributed by atoms with Crippen LogP contribution in [0.1, 0.15) is 35.7 Å². The minimum atomic E-state index is -0.150. The van der Waals surface area contributed by atoms with Crippen LogP contribution in [0, 0.1) is 20.8 Å². The minimum Gasteiger partial charge on any atom is -0.497 e. The second-order valence-corrected chi connectivity index (χ2v) is 8.42. The van der Waals surface area contributed by atoms with Crippen molar-refractivity contribution >= 4 is 22.6 Å². The highest BCUT2D eigenvalue weighted by molar-refractivity contribution is 5.91. The molecule has 7 heteroatoms. The smallest absolute Gasteiger partial charge is 0.255 e. The van der Waals surface area contributed by atoms with E-state index in [-0.39, 0.29) is 17.9 Å². The number of nitrogens with one attached hydrogen (secondary N) is 1. The summed E-state index contributed by atoms with van der Waals surface area (Å²) >= 11 is 0. The number of nitrogens with zero attached hydrogens (tertiary/aromatic N) is 3. The lowest BCUT2D eigenvalue weighted by molar-refractivity contribution is -0.116. The minimum absolute atomic E-state index is 0.0728. The van der Waals surface area contributed by atoms with E-state index in [1.54, 1.807) is 17.7 Å². The van der Waals surface area contributed by atoms with Gasteiger partial charge in [-0.25, -0.2) is 4.68 Å². The SMILES string of the molecule is CCn1c(=O)c(CCC(=O)Nc2cccc(OC)c2)c(C)c2c(C)nn(-c3ccccc3C)c21. The molecule has 0 unspecified atom stereocenters. The van der Waals surface area contributed by atoms with E-state index in [4.69, 9.17) is 9.84 Å². The number of ether oxygens (including phenoxy) is 1. The van der Waals surface area contributed by atoms with Crippen molar-refractivity contribution in [2.75, 3.05) is 12.4 Å². The van der Waals surface area contributed by atoms with Crippen LogP contribution in [0.25, 0.3) is 16.7 Å². The maximum absolute atomic E-state index is 13.5. The maximum atomic E-state index is 13.5. The topological polar surface area (TPSA) is 78.2 Å². The summed E-state index contributed by atoms with van der Waals surface area (Å²) in [5, 5.41) is 8.66. The van der Waals surface area contributed by atoms with Crippen molar-refractivity contribution in [1.82, 2.24) is 14.3 Å². The fraction of sp³-hybridized carbons (Fsp3) is 0.296. The first-order valence-corrected chi connectivity index (χ1v) is 11.5. The molecule has 0 aliphatic carbocycles. The Balaban J connectivity index is 1.70. The summed E-state index contributed by atoms with van der Waals surface area (Å²) < 4.78 is 8.85. The van der Waals surface area contributed by atoms with E-state index in [0.717, 1.165) is 33.5 Å². The van der Waals surface area contributed by atoms with E-state index in [9.17, 15) is 9.59 Å². The molecule has 34 heavy (non-hydrogen) atoms. The molecule has 0 spiro atoms. The number of benzene rings is 2. The third kappa shape index (κ3) is 4.21. The Kier molecular flexibility index (Phi) is 6.54. The number of pyridine rings is 1. The number of para-hydroxylation sites is 1. The molecule has 0 saturated carbocycles. The summed E-state index contributed by atoms with van der Waals surface area (Å²) in [4.78, 5) is 26.2. The summed E-state index contributed by atoms with van der Waals surface area (Å²) in [6.45, 7) is 8.42. The summed E-state index contributed by atoms with van der Waals surface area (Å²) in [6.07, 6.45) is 0.554. The van der Waals surface area contributed by atoms with Gasteiger partial charge >= 0.3 is 0 Å². The number of aryl methyl sites for hydroxylation is 4. The van der Waals surface area contributed by atoms with Crippen LogP contribution in [0.4, 0.5) is 5.69 Å². The van der Waals surface area contributed by atoms with Gasteiger partial charge in [-0.05, 0) is 63.4 Å². The molecule has 0 radical (unpaired) electrons. The molecule has 0 saturated heterocycles. The Morgan fingerprint density at radius 1 is 1.09 bits per heavy atom. The highest BCUT2D eigenvalue weighted by atomic mass is 16.5. The van der Waals surface area contributed by atoms with Crippen LogP contribution in [0.5, 0.6) is 5.75 Å². The van der Waals surface area contributed by atoms with Crippen LogP contribution in [-0.2, 0) is 17.8 Å². The van der Waals surface area contributed by atoms with Crippen molar-refractivity contribution in [3.63, 3.8) is 0 Å². The summed E-state index contributed by atoms with van der Waals surface area (Å²) in [7, 11) is 1.59. The average Bonchev–Trinajstić information content (AvgIpc) is 3.16. The number of rotatable bonds is 7. The molecule has 0 aliphatic rings. The monoisotopic (exact) mass is 458 g/mol. The second-order valence-electron chi connectivity index (χ2n) is 8.42. The highest BCUT2D eigenvalue weighted by Crippen LogP contribution is 2.27. The number of carbonyl (C=O) groups excluding carboxylic acids is 1. The first kappa shape index (κ1) is 23.3. The Morgan fingerprint density at radius 2 is 1.85 bits per heavy atom. The van der Waals surface area contributed by atoms with Gasteiger partial charge < -0.3 is 10.1 Å². The summed E-state index contributed by atoms with van der Waals surface area (Å²) in [5.74, 6) is 0.522. The molecule has 0 atom stereocenters. The highest BCUT2D eigenvalue weighted by Gasteiger charge is 2.21. The molecule has 4 aromatic rings. The number of methoxy groups -OCH3 is 1. The zero-order valence-corrected chi connectivity index (χ0v) is 20.3. The lowest BCUT2D eigenvalue weighted by Gasteiger charge is -2.15. The van der Waals surface area contributed by atoms with E-state index in [0.29, 0.717) is 30.0 Å². The largest absolute Gasteiger partial charge is 0.497 e. The molecule has 7 nitrogen and oxygen atoms in total. The van der Waals surface area contributed by atoms with Crippen LogP contribution in [0.2, 0.25) is 0 Å². The van der Waals surface area contributed by atoms with Crippen molar-refractivity contribution in [2.45, 2.75) is 47.1 Å². The molecular formula is C27H30N4O3. The number of fused-ring (bicyclic) bond motifs is 1. The fourth-order valence-corrected chi connectivity index (χ4v) is 4.49. The second kappa shape index (κ2) is 9.55. The molecule has 2 heterocycles. The predicted octanol–water partition coefficient (Wildman–Crippen LogP) is 4.71. The van der Waals surface area contributed by atoms with Crippen molar-refractivity contribution in [2.24, 2.45) is 0 Å². The third-order valence-corrected chi connectivity index (χ3v) is 6.24. The molecule has 2 aromatic heterocycles. The summed E-state index contributed by atoms with van der Waals surface area (Å²) in [6, 6.07) is 15.2. The van der Waals surface area contributed by atoms with E-state index >= 15 is 0 Å². The third-order valence-electron chi connectivity index (χ3n) is 6.24. The first-order valence-electron chi connectivity index (χ1n) is 11.5. The zero-order valence-electron chi connectivity index (χ0n) is 20.3. The maximum Gasteiger partial charge on any atom is 0.255 e. The standard InChI is InChI=1S/C27H30N4O3/c1-6-30-26-25(19(4)29-31(26)23-13-8-7-10-17(23)2)18(3)22(27(30)33)14-15-24(32)28-20-11-9-12-21(16-20)34-5/h7-13,16H,6,14-15H2,1-5H3,(H,28,32). The molecular weight excluding hydrogens is 428 g/mol. The van der Waals surface area contributed by atoms with Crippen LogP contribution in [-0.4, -0.2) is 27.4 Å². The molecule has 0 bridgehead atoms. The van der Waals surface area contributed by atoms with Crippen molar-refractivity contribution < 1.29 is 9.53 Å². The van der Waals surface area contributed by atoms with Crippen LogP contribution < -0.4 is 15.6 Å². The lowest BCUT2D eigenvalue weighted by atomic mass is 10.0. The number of carbonyl (C=O) groups is 1. The zero-order chi connectivity index (χ0) is 24.4. The van der Waals surface area contributed by atoms with E-state index in [2.05, 4.69) is 5.32 Å². The van der Waals surface area contributed by atoms with Crippen LogP contribution >= 0.6 is 0 Å². The van der Waals surface area contributed by atoms with Gasteiger partial charge in [-0.15, -0.1) is 0 Å². The van der Waals surface area contributed by atoms with E-state index in [1.807, 2.05) is 74.8 Å². The van der Waals surface area contributed by atoms with Gasteiger partial charge in [-0.3, -0.25) is 14.2 Å². The number of anilines is 1. The summed E-state index contributed by atoms with van der Waals surface area (Å²) in [5.41, 5.74) is 5.82. The Labute approximate surface area is 199 Å². The lowest BCUT2D eigenvalue weighted by Crippen LogP contribution is -2.27. The fourth-order valence-electron chi connectivity index (χ4n) is 4.49. The number of amides is 1. The van der Waals surface area contributed by atoms with E-state index < -0.39 is 0 Å². The quantitative estimate of drug-likeness (QED) is 0.435. The van der Waals surface area contributed by atoms with Crippen molar-refractivity contribution in [3.05, 3.63) is 81.3 Å².